The zero-order valence-corrected chi connectivity index (χ0v) is 17.1. The van der Waals surface area contributed by atoms with Crippen molar-refractivity contribution in [3.8, 4) is 17.0 Å². The van der Waals surface area contributed by atoms with Gasteiger partial charge < -0.3 is 4.74 Å². The molecule has 3 aromatic rings. The van der Waals surface area contributed by atoms with Crippen LogP contribution >= 0.6 is 11.3 Å². The topological polar surface area (TPSA) is 79.5 Å². The summed E-state index contributed by atoms with van der Waals surface area (Å²) in [6.45, 7) is 3.76. The van der Waals surface area contributed by atoms with Crippen molar-refractivity contribution < 1.29 is 9.53 Å². The highest BCUT2D eigenvalue weighted by Gasteiger charge is 2.36. The molecule has 2 aromatic carbocycles. The second-order valence-electron chi connectivity index (χ2n) is 6.59. The van der Waals surface area contributed by atoms with Crippen LogP contribution in [0.4, 0.5) is 10.8 Å². The molecule has 8 heteroatoms. The smallest absolute Gasteiger partial charge is 0.282 e. The number of anilines is 1. The predicted octanol–water partition coefficient (Wildman–Crippen LogP) is 5.00. The molecule has 0 aliphatic carbocycles. The van der Waals surface area contributed by atoms with Crippen molar-refractivity contribution in [2.24, 2.45) is 15.3 Å². The van der Waals surface area contributed by atoms with E-state index in [-0.39, 0.29) is 5.91 Å². The largest absolute Gasteiger partial charge is 0.497 e. The Morgan fingerprint density at radius 3 is 2.66 bits per heavy atom. The minimum atomic E-state index is -0.733. The molecule has 0 fully saturated rings. The first-order valence-electron chi connectivity index (χ1n) is 9.01. The Balaban J connectivity index is 1.53. The number of hydrogen-bond donors (Lipinski definition) is 0. The average Bonchev–Trinajstić information content (AvgIpc) is 3.32. The van der Waals surface area contributed by atoms with Crippen molar-refractivity contribution in [1.82, 2.24) is 4.98 Å². The summed E-state index contributed by atoms with van der Waals surface area (Å²) < 4.78 is 5.18. The SMILES string of the molecule is COc1ccc(-c2csc(N3N=C(C)C(N=Nc4cccc(C)c4)C3=O)n2)cc1. The number of nitrogens with zero attached hydrogens (tertiary/aromatic N) is 5. The number of amides is 1. The normalized spacial score (nSPS) is 16.5. The molecule has 146 valence electrons. The van der Waals surface area contributed by atoms with Crippen molar-refractivity contribution in [1.29, 1.82) is 0 Å². The Morgan fingerprint density at radius 1 is 1.14 bits per heavy atom. The second kappa shape index (κ2) is 7.92. The molecule has 1 aliphatic rings. The maximum Gasteiger partial charge on any atom is 0.282 e. The van der Waals surface area contributed by atoms with Crippen molar-refractivity contribution in [2.45, 2.75) is 19.9 Å². The minimum Gasteiger partial charge on any atom is -0.497 e. The van der Waals surface area contributed by atoms with E-state index < -0.39 is 6.04 Å². The van der Waals surface area contributed by atoms with Gasteiger partial charge in [-0.3, -0.25) is 4.79 Å². The van der Waals surface area contributed by atoms with Gasteiger partial charge in [-0.1, -0.05) is 12.1 Å². The minimum absolute atomic E-state index is 0.255. The fourth-order valence-corrected chi connectivity index (χ4v) is 3.68. The van der Waals surface area contributed by atoms with Gasteiger partial charge in [0.15, 0.2) is 6.04 Å². The Hall–Kier alpha value is -3.39. The first-order chi connectivity index (χ1) is 14.0. The third-order valence-electron chi connectivity index (χ3n) is 4.45. The Kier molecular flexibility index (Phi) is 5.18. The highest BCUT2D eigenvalue weighted by atomic mass is 32.1. The Bertz CT molecular complexity index is 1100. The van der Waals surface area contributed by atoms with Gasteiger partial charge in [0.05, 0.1) is 24.2 Å². The Morgan fingerprint density at radius 2 is 1.93 bits per heavy atom. The molecular weight excluding hydrogens is 386 g/mol. The molecule has 0 saturated heterocycles. The molecule has 29 heavy (non-hydrogen) atoms. The van der Waals surface area contributed by atoms with Crippen LogP contribution in [0.15, 0.2) is 69.2 Å². The van der Waals surface area contributed by atoms with Crippen LogP contribution in [0.25, 0.3) is 11.3 Å². The maximum atomic E-state index is 12.8. The van der Waals surface area contributed by atoms with Crippen LogP contribution in [0.1, 0.15) is 12.5 Å². The molecular formula is C21H19N5O2S. The third kappa shape index (κ3) is 3.93. The number of carbonyl (C=O) groups is 1. The number of hydrogen-bond acceptors (Lipinski definition) is 7. The fraction of sp³-hybridized carbons (Fsp3) is 0.190. The van der Waals surface area contributed by atoms with Crippen LogP contribution in [0.2, 0.25) is 0 Å². The van der Waals surface area contributed by atoms with Gasteiger partial charge in [0, 0.05) is 10.9 Å². The summed E-state index contributed by atoms with van der Waals surface area (Å²) in [4.78, 5) is 17.4. The highest BCUT2D eigenvalue weighted by Crippen LogP contribution is 2.31. The lowest BCUT2D eigenvalue weighted by Crippen LogP contribution is -2.29. The van der Waals surface area contributed by atoms with Crippen molar-refractivity contribution in [2.75, 3.05) is 12.1 Å². The second-order valence-corrected chi connectivity index (χ2v) is 7.43. The van der Waals surface area contributed by atoms with E-state index >= 15 is 0 Å². The number of ether oxygens (including phenoxy) is 1. The van der Waals surface area contributed by atoms with Crippen LogP contribution in [-0.2, 0) is 4.79 Å². The number of benzene rings is 2. The molecule has 0 radical (unpaired) electrons. The summed E-state index contributed by atoms with van der Waals surface area (Å²) in [7, 11) is 1.63. The van der Waals surface area contributed by atoms with Gasteiger partial charge in [-0.15, -0.1) is 11.3 Å². The molecule has 2 heterocycles. The number of rotatable bonds is 5. The van der Waals surface area contributed by atoms with Crippen LogP contribution < -0.4 is 9.75 Å². The van der Waals surface area contributed by atoms with Gasteiger partial charge in [0.25, 0.3) is 5.91 Å². The summed E-state index contributed by atoms with van der Waals surface area (Å²) in [5.41, 5.74) is 4.10. The van der Waals surface area contributed by atoms with E-state index in [1.165, 1.54) is 16.3 Å². The summed E-state index contributed by atoms with van der Waals surface area (Å²) in [6, 6.07) is 14.5. The lowest BCUT2D eigenvalue weighted by atomic mass is 10.2. The summed E-state index contributed by atoms with van der Waals surface area (Å²) >= 11 is 1.36. The quantitative estimate of drug-likeness (QED) is 0.560. The van der Waals surface area contributed by atoms with Gasteiger partial charge >= 0.3 is 0 Å². The number of aryl methyl sites for hydroxylation is 1. The van der Waals surface area contributed by atoms with Crippen molar-refractivity contribution in [3.63, 3.8) is 0 Å². The first-order valence-corrected chi connectivity index (χ1v) is 9.89. The molecule has 1 aromatic heterocycles. The molecule has 0 saturated carbocycles. The van der Waals surface area contributed by atoms with Gasteiger partial charge in [0.1, 0.15) is 5.75 Å². The van der Waals surface area contributed by atoms with Crippen molar-refractivity contribution in [3.05, 3.63) is 59.5 Å². The van der Waals surface area contributed by atoms with E-state index in [2.05, 4.69) is 20.3 Å². The molecule has 0 spiro atoms. The number of methoxy groups -OCH3 is 1. The third-order valence-corrected chi connectivity index (χ3v) is 5.26. The highest BCUT2D eigenvalue weighted by molar-refractivity contribution is 7.14. The number of aromatic nitrogens is 1. The van der Waals surface area contributed by atoms with Gasteiger partial charge in [-0.25, -0.2) is 4.98 Å². The van der Waals surface area contributed by atoms with E-state index in [1.807, 2.05) is 60.8 Å². The molecule has 1 amide bonds. The number of azo groups is 1. The van der Waals surface area contributed by atoms with Crippen LogP contribution in [0, 0.1) is 6.92 Å². The Labute approximate surface area is 172 Å². The molecule has 1 unspecified atom stereocenters. The van der Waals surface area contributed by atoms with E-state index in [0.717, 1.165) is 22.6 Å². The molecule has 1 aliphatic heterocycles. The van der Waals surface area contributed by atoms with Crippen LogP contribution in [0.3, 0.4) is 0 Å². The van der Waals surface area contributed by atoms with Crippen molar-refractivity contribution >= 4 is 33.8 Å². The van der Waals surface area contributed by atoms with Crippen LogP contribution in [0.5, 0.6) is 5.75 Å². The monoisotopic (exact) mass is 405 g/mol. The van der Waals surface area contributed by atoms with Gasteiger partial charge in [0.2, 0.25) is 5.13 Å². The molecule has 0 N–H and O–H groups in total. The molecule has 7 nitrogen and oxygen atoms in total. The van der Waals surface area contributed by atoms with E-state index in [4.69, 9.17) is 4.74 Å². The fourth-order valence-electron chi connectivity index (χ4n) is 2.90. The number of thiazole rings is 1. The van der Waals surface area contributed by atoms with E-state index in [1.54, 1.807) is 14.0 Å². The van der Waals surface area contributed by atoms with E-state index in [0.29, 0.717) is 16.5 Å². The van der Waals surface area contributed by atoms with E-state index in [9.17, 15) is 4.79 Å². The first kappa shape index (κ1) is 18.9. The maximum absolute atomic E-state index is 12.8. The number of hydrazone groups is 1. The van der Waals surface area contributed by atoms with Crippen LogP contribution in [-0.4, -0.2) is 29.8 Å². The molecule has 0 bridgehead atoms. The summed E-state index contributed by atoms with van der Waals surface area (Å²) in [5.74, 6) is 0.524. The lowest BCUT2D eigenvalue weighted by Gasteiger charge is -2.08. The predicted molar refractivity (Wildman–Crippen MR) is 114 cm³/mol. The zero-order chi connectivity index (χ0) is 20.4. The molecule has 4 rings (SSSR count). The average molecular weight is 405 g/mol. The van der Waals surface area contributed by atoms with Gasteiger partial charge in [-0.2, -0.15) is 20.3 Å². The lowest BCUT2D eigenvalue weighted by molar-refractivity contribution is -0.117. The summed E-state index contributed by atoms with van der Waals surface area (Å²) in [5, 5.41) is 16.5. The molecule has 1 atom stereocenters. The van der Waals surface area contributed by atoms with Gasteiger partial charge in [-0.05, 0) is 55.8 Å². The standard InChI is InChI=1S/C21H19N5O2S/c1-13-5-4-6-16(11-13)23-24-19-14(2)25-26(20(19)27)21-22-18(12-29-21)15-7-9-17(28-3)10-8-15/h4-12,19H,1-3H3. The number of carbonyl (C=O) groups excluding carboxylic acids is 1. The zero-order valence-electron chi connectivity index (χ0n) is 16.2. The summed E-state index contributed by atoms with van der Waals surface area (Å²) in [6.07, 6.45) is 0.